The number of aromatic carboxylic acids is 1. The van der Waals surface area contributed by atoms with Crippen molar-refractivity contribution >= 4 is 35.3 Å². The van der Waals surface area contributed by atoms with E-state index < -0.39 is 5.97 Å². The average Bonchev–Trinajstić information content (AvgIpc) is 2.46. The van der Waals surface area contributed by atoms with Crippen molar-refractivity contribution in [3.05, 3.63) is 46.6 Å². The lowest BCUT2D eigenvalue weighted by molar-refractivity contribution is 0.0697. The van der Waals surface area contributed by atoms with Crippen LogP contribution in [-0.2, 0) is 6.54 Å². The molecule has 0 aliphatic heterocycles. The van der Waals surface area contributed by atoms with Gasteiger partial charge >= 0.3 is 5.97 Å². The van der Waals surface area contributed by atoms with Gasteiger partial charge in [-0.25, -0.2) is 14.8 Å². The number of hydrogen-bond acceptors (Lipinski definition) is 5. The minimum atomic E-state index is -1.04. The van der Waals surface area contributed by atoms with Gasteiger partial charge in [-0.15, -0.1) is 11.8 Å². The van der Waals surface area contributed by atoms with E-state index in [9.17, 15) is 4.79 Å². The number of nitrogens with one attached hydrogen (secondary N) is 1. The lowest BCUT2D eigenvalue weighted by Gasteiger charge is -2.07. The van der Waals surface area contributed by atoms with Crippen LogP contribution in [0.25, 0.3) is 0 Å². The lowest BCUT2D eigenvalue weighted by atomic mass is 10.1. The molecule has 2 N–H and O–H groups in total. The highest BCUT2D eigenvalue weighted by atomic mass is 35.5. The van der Waals surface area contributed by atoms with E-state index >= 15 is 0 Å². The van der Waals surface area contributed by atoms with Crippen molar-refractivity contribution in [2.24, 2.45) is 0 Å². The standard InChI is InChI=1S/C13H12ClN3O2S/c1-20-11-4-5-15-13(17-11)16-7-8-2-3-10(14)9(6-8)12(18)19/h2-6H,7H2,1H3,(H,18,19)(H,15,16,17). The fraction of sp³-hybridized carbons (Fsp3) is 0.154. The molecule has 1 aromatic heterocycles. The molecule has 0 amide bonds. The zero-order valence-electron chi connectivity index (χ0n) is 10.6. The first-order chi connectivity index (χ1) is 9.60. The van der Waals surface area contributed by atoms with Crippen molar-refractivity contribution < 1.29 is 9.90 Å². The Kier molecular flexibility index (Phi) is 4.81. The van der Waals surface area contributed by atoms with Gasteiger partial charge in [0.1, 0.15) is 5.03 Å². The lowest BCUT2D eigenvalue weighted by Crippen LogP contribution is -2.05. The summed E-state index contributed by atoms with van der Waals surface area (Å²) in [4.78, 5) is 19.4. The number of carbonyl (C=O) groups is 1. The number of hydrogen-bond donors (Lipinski definition) is 2. The van der Waals surface area contributed by atoms with Gasteiger partial charge in [-0.1, -0.05) is 17.7 Å². The summed E-state index contributed by atoms with van der Waals surface area (Å²) < 4.78 is 0. The van der Waals surface area contributed by atoms with Gasteiger partial charge in [-0.2, -0.15) is 0 Å². The van der Waals surface area contributed by atoms with E-state index in [4.69, 9.17) is 16.7 Å². The first-order valence-corrected chi connectivity index (χ1v) is 7.33. The molecule has 7 heteroatoms. The number of thioether (sulfide) groups is 1. The molecule has 0 atom stereocenters. The van der Waals surface area contributed by atoms with Crippen LogP contribution in [0.15, 0.2) is 35.5 Å². The second-order valence-corrected chi connectivity index (χ2v) is 5.13. The molecule has 0 aliphatic rings. The van der Waals surface area contributed by atoms with E-state index in [2.05, 4.69) is 15.3 Å². The van der Waals surface area contributed by atoms with E-state index in [1.807, 2.05) is 12.3 Å². The van der Waals surface area contributed by atoms with Gasteiger partial charge in [-0.05, 0) is 30.0 Å². The Balaban J connectivity index is 2.10. The summed E-state index contributed by atoms with van der Waals surface area (Å²) in [6, 6.07) is 6.69. The van der Waals surface area contributed by atoms with Gasteiger partial charge in [0.25, 0.3) is 0 Å². The molecular formula is C13H12ClN3O2S. The largest absolute Gasteiger partial charge is 0.478 e. The van der Waals surface area contributed by atoms with Crippen LogP contribution in [0.1, 0.15) is 15.9 Å². The summed E-state index contributed by atoms with van der Waals surface area (Å²) in [7, 11) is 0. The summed E-state index contributed by atoms with van der Waals surface area (Å²) in [6.45, 7) is 0.426. The number of anilines is 1. The molecule has 1 heterocycles. The summed E-state index contributed by atoms with van der Waals surface area (Å²) >= 11 is 7.35. The van der Waals surface area contributed by atoms with Crippen LogP contribution in [-0.4, -0.2) is 27.3 Å². The summed E-state index contributed by atoms with van der Waals surface area (Å²) in [6.07, 6.45) is 3.61. The minimum absolute atomic E-state index is 0.0877. The predicted octanol–water partition coefficient (Wildman–Crippen LogP) is 3.16. The van der Waals surface area contributed by atoms with E-state index in [1.165, 1.54) is 17.8 Å². The Hall–Kier alpha value is -1.79. The van der Waals surface area contributed by atoms with Crippen LogP contribution >= 0.6 is 23.4 Å². The van der Waals surface area contributed by atoms with Crippen LogP contribution in [0.3, 0.4) is 0 Å². The SMILES string of the molecule is CSc1ccnc(NCc2ccc(Cl)c(C(=O)O)c2)n1. The molecule has 1 aromatic carbocycles. The molecule has 0 bridgehead atoms. The number of carboxylic acids is 1. The fourth-order valence-electron chi connectivity index (χ4n) is 1.57. The second-order valence-electron chi connectivity index (χ2n) is 3.90. The number of halogens is 1. The highest BCUT2D eigenvalue weighted by Gasteiger charge is 2.09. The fourth-order valence-corrected chi connectivity index (χ4v) is 2.14. The Morgan fingerprint density at radius 1 is 1.45 bits per heavy atom. The molecule has 20 heavy (non-hydrogen) atoms. The Morgan fingerprint density at radius 3 is 2.95 bits per heavy atom. The van der Waals surface area contributed by atoms with Crippen LogP contribution in [0, 0.1) is 0 Å². The number of aromatic nitrogens is 2. The summed E-state index contributed by atoms with van der Waals surface area (Å²) in [5, 5.41) is 13.2. The smallest absolute Gasteiger partial charge is 0.337 e. The highest BCUT2D eigenvalue weighted by molar-refractivity contribution is 7.98. The molecule has 0 saturated heterocycles. The van der Waals surface area contributed by atoms with Gasteiger partial charge in [0.15, 0.2) is 0 Å². The molecule has 0 spiro atoms. The van der Waals surface area contributed by atoms with Crippen molar-refractivity contribution in [1.29, 1.82) is 0 Å². The number of benzene rings is 1. The first-order valence-electron chi connectivity index (χ1n) is 5.73. The molecule has 0 fully saturated rings. The topological polar surface area (TPSA) is 75.1 Å². The minimum Gasteiger partial charge on any atom is -0.478 e. The molecule has 0 unspecified atom stereocenters. The quantitative estimate of drug-likeness (QED) is 0.653. The van der Waals surface area contributed by atoms with Gasteiger partial charge in [0, 0.05) is 12.7 Å². The predicted molar refractivity (Wildman–Crippen MR) is 79.6 cm³/mol. The van der Waals surface area contributed by atoms with Gasteiger partial charge in [0.05, 0.1) is 10.6 Å². The number of carboxylic acid groups (broad SMARTS) is 1. The third kappa shape index (κ3) is 3.61. The van der Waals surface area contributed by atoms with E-state index in [0.29, 0.717) is 12.5 Å². The van der Waals surface area contributed by atoms with Crippen molar-refractivity contribution in [2.75, 3.05) is 11.6 Å². The summed E-state index contributed by atoms with van der Waals surface area (Å²) in [5.74, 6) is -0.541. The molecule has 5 nitrogen and oxygen atoms in total. The second kappa shape index (κ2) is 6.58. The molecule has 2 rings (SSSR count). The maximum atomic E-state index is 11.0. The monoisotopic (exact) mass is 309 g/mol. The zero-order chi connectivity index (χ0) is 14.5. The molecule has 0 saturated carbocycles. The molecule has 104 valence electrons. The van der Waals surface area contributed by atoms with Crippen molar-refractivity contribution in [3.63, 3.8) is 0 Å². The zero-order valence-corrected chi connectivity index (χ0v) is 12.2. The Morgan fingerprint density at radius 2 is 2.25 bits per heavy atom. The molecule has 0 radical (unpaired) electrons. The van der Waals surface area contributed by atoms with Crippen molar-refractivity contribution in [3.8, 4) is 0 Å². The number of nitrogens with zero attached hydrogens (tertiary/aromatic N) is 2. The van der Waals surface area contributed by atoms with E-state index in [1.54, 1.807) is 18.3 Å². The van der Waals surface area contributed by atoms with Crippen LogP contribution in [0.5, 0.6) is 0 Å². The molecular weight excluding hydrogens is 298 g/mol. The third-order valence-corrected chi connectivity index (χ3v) is 3.53. The number of rotatable bonds is 5. The maximum Gasteiger partial charge on any atom is 0.337 e. The third-order valence-electron chi connectivity index (χ3n) is 2.55. The van der Waals surface area contributed by atoms with Gasteiger partial charge in [0.2, 0.25) is 5.95 Å². The van der Waals surface area contributed by atoms with E-state index in [0.717, 1.165) is 10.6 Å². The van der Waals surface area contributed by atoms with Crippen molar-refractivity contribution in [1.82, 2.24) is 9.97 Å². The van der Waals surface area contributed by atoms with Crippen LogP contribution in [0.4, 0.5) is 5.95 Å². The molecule has 0 aliphatic carbocycles. The van der Waals surface area contributed by atoms with Gasteiger partial charge < -0.3 is 10.4 Å². The Bertz CT molecular complexity index is 637. The Labute approximate surface area is 125 Å². The van der Waals surface area contributed by atoms with Gasteiger partial charge in [-0.3, -0.25) is 0 Å². The average molecular weight is 310 g/mol. The van der Waals surface area contributed by atoms with Crippen LogP contribution in [0.2, 0.25) is 5.02 Å². The maximum absolute atomic E-state index is 11.0. The van der Waals surface area contributed by atoms with Crippen molar-refractivity contribution in [2.45, 2.75) is 11.6 Å². The summed E-state index contributed by atoms with van der Waals surface area (Å²) in [5.41, 5.74) is 0.884. The highest BCUT2D eigenvalue weighted by Crippen LogP contribution is 2.18. The van der Waals surface area contributed by atoms with Crippen LogP contribution < -0.4 is 5.32 Å². The normalized spacial score (nSPS) is 10.3. The van der Waals surface area contributed by atoms with E-state index in [-0.39, 0.29) is 10.6 Å². The first kappa shape index (κ1) is 14.6. The molecule has 2 aromatic rings.